The molecule has 0 amide bonds. The van der Waals surface area contributed by atoms with Crippen molar-refractivity contribution in [3.05, 3.63) is 0 Å². The molecule has 142 valence electrons. The van der Waals surface area contributed by atoms with Crippen LogP contribution in [0.4, 0.5) is 0 Å². The monoisotopic (exact) mass is 346 g/mol. The summed E-state index contributed by atoms with van der Waals surface area (Å²) >= 11 is 0. The summed E-state index contributed by atoms with van der Waals surface area (Å²) in [4.78, 5) is 22.7. The molecule has 0 bridgehead atoms. The summed E-state index contributed by atoms with van der Waals surface area (Å²) in [6.45, 7) is 2.46. The SMILES string of the molecule is CCCCCCCCOC(=O)C1CCC(C(=O)O)CC1.OCCO. The Labute approximate surface area is 145 Å². The Balaban J connectivity index is 0.00000118. The first-order valence-corrected chi connectivity index (χ1v) is 9.17. The molecule has 0 radical (unpaired) electrons. The van der Waals surface area contributed by atoms with Crippen molar-refractivity contribution in [3.8, 4) is 0 Å². The second-order valence-electron chi connectivity index (χ2n) is 6.27. The highest BCUT2D eigenvalue weighted by molar-refractivity contribution is 5.74. The van der Waals surface area contributed by atoms with Gasteiger partial charge in [0, 0.05) is 0 Å². The fourth-order valence-electron chi connectivity index (χ4n) is 2.75. The molecule has 1 aliphatic carbocycles. The Morgan fingerprint density at radius 3 is 1.88 bits per heavy atom. The van der Waals surface area contributed by atoms with Crippen LogP contribution in [0, 0.1) is 11.8 Å². The number of aliphatic hydroxyl groups excluding tert-OH is 2. The molecule has 0 aromatic rings. The fraction of sp³-hybridized carbons (Fsp3) is 0.889. The molecule has 1 rings (SSSR count). The number of carbonyl (C=O) groups excluding carboxylic acids is 1. The molecule has 0 aliphatic heterocycles. The number of carboxylic acid groups (broad SMARTS) is 1. The average Bonchev–Trinajstić information content (AvgIpc) is 2.61. The van der Waals surface area contributed by atoms with Gasteiger partial charge in [-0.25, -0.2) is 0 Å². The van der Waals surface area contributed by atoms with Crippen LogP contribution >= 0.6 is 0 Å². The third kappa shape index (κ3) is 11.4. The third-order valence-corrected chi connectivity index (χ3v) is 4.25. The average molecular weight is 346 g/mol. The number of aliphatic hydroxyl groups is 2. The summed E-state index contributed by atoms with van der Waals surface area (Å²) in [7, 11) is 0. The first-order valence-electron chi connectivity index (χ1n) is 9.17. The number of carbonyl (C=O) groups is 2. The minimum absolute atomic E-state index is 0.0781. The summed E-state index contributed by atoms with van der Waals surface area (Å²) in [5.74, 6) is -1.20. The van der Waals surface area contributed by atoms with Gasteiger partial charge in [0.05, 0.1) is 31.7 Å². The number of carboxylic acids is 1. The van der Waals surface area contributed by atoms with E-state index in [9.17, 15) is 9.59 Å². The molecule has 0 aromatic carbocycles. The van der Waals surface area contributed by atoms with Crippen LogP contribution in [-0.4, -0.2) is 47.1 Å². The van der Waals surface area contributed by atoms with Crippen LogP contribution in [-0.2, 0) is 14.3 Å². The number of hydrogen-bond donors (Lipinski definition) is 3. The molecular formula is C18H34O6. The number of esters is 1. The lowest BCUT2D eigenvalue weighted by Crippen LogP contribution is -2.27. The van der Waals surface area contributed by atoms with Crippen molar-refractivity contribution in [2.24, 2.45) is 11.8 Å². The largest absolute Gasteiger partial charge is 0.481 e. The van der Waals surface area contributed by atoms with Gasteiger partial charge < -0.3 is 20.1 Å². The van der Waals surface area contributed by atoms with Crippen molar-refractivity contribution < 1.29 is 29.6 Å². The molecule has 6 nitrogen and oxygen atoms in total. The molecule has 1 saturated carbocycles. The molecular weight excluding hydrogens is 312 g/mol. The zero-order valence-corrected chi connectivity index (χ0v) is 14.9. The van der Waals surface area contributed by atoms with E-state index in [1.54, 1.807) is 0 Å². The van der Waals surface area contributed by atoms with Crippen LogP contribution in [0.25, 0.3) is 0 Å². The Hall–Kier alpha value is -1.14. The fourth-order valence-corrected chi connectivity index (χ4v) is 2.75. The number of unbranched alkanes of at least 4 members (excludes halogenated alkanes) is 5. The molecule has 0 heterocycles. The van der Waals surface area contributed by atoms with Crippen molar-refractivity contribution in [2.75, 3.05) is 19.8 Å². The Bertz CT molecular complexity index is 321. The van der Waals surface area contributed by atoms with Gasteiger partial charge in [-0.2, -0.15) is 0 Å². The predicted molar refractivity (Wildman–Crippen MR) is 91.6 cm³/mol. The van der Waals surface area contributed by atoms with Gasteiger partial charge >= 0.3 is 11.9 Å². The molecule has 3 N–H and O–H groups in total. The first-order chi connectivity index (χ1) is 11.6. The standard InChI is InChI=1S/C16H28O4.C2H6O2/c1-2-3-4-5-6-7-12-20-16(19)14-10-8-13(9-11-14)15(17)18;3-1-2-4/h13-14H,2-12H2,1H3,(H,17,18);3-4H,1-2H2. The summed E-state index contributed by atoms with van der Waals surface area (Å²) in [6.07, 6.45) is 9.61. The van der Waals surface area contributed by atoms with E-state index in [2.05, 4.69) is 6.92 Å². The number of ether oxygens (including phenoxy) is 1. The molecule has 1 aliphatic rings. The zero-order valence-electron chi connectivity index (χ0n) is 14.9. The second kappa shape index (κ2) is 15.4. The van der Waals surface area contributed by atoms with Gasteiger partial charge in [0.1, 0.15) is 0 Å². The van der Waals surface area contributed by atoms with Crippen molar-refractivity contribution in [1.82, 2.24) is 0 Å². The normalized spacial score (nSPS) is 20.0. The zero-order chi connectivity index (χ0) is 18.2. The lowest BCUT2D eigenvalue weighted by atomic mass is 9.82. The third-order valence-electron chi connectivity index (χ3n) is 4.25. The maximum absolute atomic E-state index is 11.8. The molecule has 0 unspecified atom stereocenters. The highest BCUT2D eigenvalue weighted by Crippen LogP contribution is 2.29. The quantitative estimate of drug-likeness (QED) is 0.415. The molecule has 0 aromatic heterocycles. The van der Waals surface area contributed by atoms with Crippen LogP contribution in [0.3, 0.4) is 0 Å². The maximum Gasteiger partial charge on any atom is 0.308 e. The Morgan fingerprint density at radius 1 is 0.875 bits per heavy atom. The number of hydrogen-bond acceptors (Lipinski definition) is 5. The summed E-state index contributed by atoms with van der Waals surface area (Å²) in [6, 6.07) is 0. The van der Waals surface area contributed by atoms with E-state index in [0.717, 1.165) is 12.8 Å². The van der Waals surface area contributed by atoms with E-state index >= 15 is 0 Å². The summed E-state index contributed by atoms with van der Waals surface area (Å²) in [5, 5.41) is 24.2. The Morgan fingerprint density at radius 2 is 1.38 bits per heavy atom. The number of aliphatic carboxylic acids is 1. The van der Waals surface area contributed by atoms with Gasteiger partial charge in [-0.3, -0.25) is 9.59 Å². The molecule has 0 atom stereocenters. The van der Waals surface area contributed by atoms with Crippen molar-refractivity contribution in [2.45, 2.75) is 71.1 Å². The smallest absolute Gasteiger partial charge is 0.308 e. The molecule has 0 spiro atoms. The van der Waals surface area contributed by atoms with Gasteiger partial charge in [0.25, 0.3) is 0 Å². The summed E-state index contributed by atoms with van der Waals surface area (Å²) < 4.78 is 5.30. The molecule has 0 saturated heterocycles. The summed E-state index contributed by atoms with van der Waals surface area (Å²) in [5.41, 5.74) is 0. The van der Waals surface area contributed by atoms with Crippen LogP contribution in [0.2, 0.25) is 0 Å². The second-order valence-corrected chi connectivity index (χ2v) is 6.27. The van der Waals surface area contributed by atoms with Crippen LogP contribution in [0.15, 0.2) is 0 Å². The van der Waals surface area contributed by atoms with Gasteiger partial charge in [0.15, 0.2) is 0 Å². The molecule has 1 fully saturated rings. The van der Waals surface area contributed by atoms with Crippen LogP contribution in [0.1, 0.15) is 71.1 Å². The van der Waals surface area contributed by atoms with E-state index in [4.69, 9.17) is 20.1 Å². The molecule has 6 heteroatoms. The van der Waals surface area contributed by atoms with Crippen LogP contribution < -0.4 is 0 Å². The van der Waals surface area contributed by atoms with Crippen molar-refractivity contribution in [3.63, 3.8) is 0 Å². The van der Waals surface area contributed by atoms with Gasteiger partial charge in [0.2, 0.25) is 0 Å². The maximum atomic E-state index is 11.8. The first kappa shape index (κ1) is 22.9. The van der Waals surface area contributed by atoms with Gasteiger partial charge in [-0.15, -0.1) is 0 Å². The van der Waals surface area contributed by atoms with Gasteiger partial charge in [-0.1, -0.05) is 39.0 Å². The minimum Gasteiger partial charge on any atom is -0.481 e. The van der Waals surface area contributed by atoms with Gasteiger partial charge in [-0.05, 0) is 32.1 Å². The highest BCUT2D eigenvalue weighted by Gasteiger charge is 2.30. The predicted octanol–water partition coefficient (Wildman–Crippen LogP) is 2.75. The Kier molecular flexibility index (Phi) is 14.7. The lowest BCUT2D eigenvalue weighted by Gasteiger charge is -2.24. The highest BCUT2D eigenvalue weighted by atomic mass is 16.5. The molecule has 24 heavy (non-hydrogen) atoms. The van der Waals surface area contributed by atoms with E-state index in [1.807, 2.05) is 0 Å². The van der Waals surface area contributed by atoms with Crippen LogP contribution in [0.5, 0.6) is 0 Å². The number of rotatable bonds is 10. The van der Waals surface area contributed by atoms with Crippen molar-refractivity contribution in [1.29, 1.82) is 0 Å². The van der Waals surface area contributed by atoms with E-state index in [0.29, 0.717) is 32.3 Å². The van der Waals surface area contributed by atoms with Crippen molar-refractivity contribution >= 4 is 11.9 Å². The van der Waals surface area contributed by atoms with E-state index < -0.39 is 5.97 Å². The minimum atomic E-state index is -0.733. The van der Waals surface area contributed by atoms with E-state index in [-0.39, 0.29) is 31.0 Å². The van der Waals surface area contributed by atoms with E-state index in [1.165, 1.54) is 25.7 Å². The lowest BCUT2D eigenvalue weighted by molar-refractivity contribution is -0.152. The topological polar surface area (TPSA) is 104 Å².